The summed E-state index contributed by atoms with van der Waals surface area (Å²) in [6.07, 6.45) is 4.70. The standard InChI is InChI=1S/C6H11N3.C5H10N4/c1-6(2,3)9-5-7-4-8-9;1-5(2,3)9-7-4-6-8-9/h4-5H,1-3H3;4H,1-3H3. The fourth-order valence-corrected chi connectivity index (χ4v) is 1.03. The van der Waals surface area contributed by atoms with Crippen molar-refractivity contribution in [2.24, 2.45) is 0 Å². The second-order valence-corrected chi connectivity index (χ2v) is 5.91. The van der Waals surface area contributed by atoms with Crippen LogP contribution in [-0.2, 0) is 11.1 Å². The molecule has 0 aliphatic rings. The third-order valence-corrected chi connectivity index (χ3v) is 2.06. The third-order valence-electron chi connectivity index (χ3n) is 2.06. The van der Waals surface area contributed by atoms with Gasteiger partial charge in [0.25, 0.3) is 0 Å². The molecule has 18 heavy (non-hydrogen) atoms. The van der Waals surface area contributed by atoms with Crippen molar-refractivity contribution in [3.8, 4) is 0 Å². The molecule has 2 aromatic heterocycles. The first-order chi connectivity index (χ1) is 8.21. The maximum absolute atomic E-state index is 3.99. The van der Waals surface area contributed by atoms with E-state index in [0.717, 1.165) is 0 Å². The van der Waals surface area contributed by atoms with Gasteiger partial charge in [0.15, 0.2) is 6.33 Å². The van der Waals surface area contributed by atoms with Crippen LogP contribution >= 0.6 is 0 Å². The Bertz CT molecular complexity index is 386. The second kappa shape index (κ2) is 5.24. The quantitative estimate of drug-likeness (QED) is 0.708. The molecule has 2 aromatic rings. The molecule has 0 fully saturated rings. The predicted molar refractivity (Wildman–Crippen MR) is 67.8 cm³/mol. The number of nitrogens with zero attached hydrogens (tertiary/aromatic N) is 7. The minimum Gasteiger partial charge on any atom is -0.248 e. The zero-order chi connectivity index (χ0) is 13.8. The molecule has 100 valence electrons. The minimum absolute atomic E-state index is 0.0451. The molecule has 0 unspecified atom stereocenters. The normalized spacial score (nSPS) is 11.9. The molecular formula is C11H21N7. The smallest absolute Gasteiger partial charge is 0.162 e. The van der Waals surface area contributed by atoms with Gasteiger partial charge < -0.3 is 0 Å². The molecule has 0 saturated carbocycles. The van der Waals surface area contributed by atoms with E-state index >= 15 is 0 Å². The lowest BCUT2D eigenvalue weighted by atomic mass is 10.1. The van der Waals surface area contributed by atoms with E-state index in [4.69, 9.17) is 0 Å². The Kier molecular flexibility index (Phi) is 4.15. The van der Waals surface area contributed by atoms with Crippen LogP contribution in [0, 0.1) is 0 Å². The summed E-state index contributed by atoms with van der Waals surface area (Å²) in [5.41, 5.74) is 0.0208. The van der Waals surface area contributed by atoms with Gasteiger partial charge in [0.05, 0.1) is 11.1 Å². The van der Waals surface area contributed by atoms with Crippen LogP contribution in [0.3, 0.4) is 0 Å². The average Bonchev–Trinajstić information content (AvgIpc) is 2.91. The van der Waals surface area contributed by atoms with E-state index in [1.54, 1.807) is 17.5 Å². The maximum Gasteiger partial charge on any atom is 0.162 e. The fraction of sp³-hybridized carbons (Fsp3) is 0.727. The van der Waals surface area contributed by atoms with Crippen molar-refractivity contribution < 1.29 is 0 Å². The zero-order valence-electron chi connectivity index (χ0n) is 11.9. The lowest BCUT2D eigenvalue weighted by Gasteiger charge is -2.17. The summed E-state index contributed by atoms with van der Waals surface area (Å²) in [6.45, 7) is 12.3. The minimum atomic E-state index is -0.0451. The highest BCUT2D eigenvalue weighted by Gasteiger charge is 2.13. The SMILES string of the molecule is CC(C)(C)n1cncn1.CC(C)(C)n1ncnn1. The maximum atomic E-state index is 3.99. The van der Waals surface area contributed by atoms with Crippen molar-refractivity contribution in [3.63, 3.8) is 0 Å². The highest BCUT2D eigenvalue weighted by atomic mass is 15.6. The van der Waals surface area contributed by atoms with Crippen molar-refractivity contribution in [1.82, 2.24) is 35.0 Å². The van der Waals surface area contributed by atoms with Gasteiger partial charge in [-0.2, -0.15) is 9.90 Å². The Labute approximate surface area is 107 Å². The first-order valence-electron chi connectivity index (χ1n) is 5.80. The third kappa shape index (κ3) is 4.23. The van der Waals surface area contributed by atoms with Gasteiger partial charge in [-0.05, 0) is 46.8 Å². The molecule has 2 rings (SSSR count). The number of tetrazole rings is 1. The zero-order valence-corrected chi connectivity index (χ0v) is 11.9. The Morgan fingerprint density at radius 3 is 1.72 bits per heavy atom. The van der Waals surface area contributed by atoms with Crippen molar-refractivity contribution in [2.75, 3.05) is 0 Å². The monoisotopic (exact) mass is 251 g/mol. The highest BCUT2D eigenvalue weighted by molar-refractivity contribution is 4.70. The van der Waals surface area contributed by atoms with Crippen LogP contribution in [0.2, 0.25) is 0 Å². The average molecular weight is 251 g/mol. The molecule has 0 spiro atoms. The van der Waals surface area contributed by atoms with Gasteiger partial charge in [0, 0.05) is 0 Å². The number of hydrogen-bond acceptors (Lipinski definition) is 5. The molecule has 0 bridgehead atoms. The van der Waals surface area contributed by atoms with Gasteiger partial charge in [-0.25, -0.2) is 9.67 Å². The van der Waals surface area contributed by atoms with E-state index in [1.807, 2.05) is 25.5 Å². The largest absolute Gasteiger partial charge is 0.248 e. The van der Waals surface area contributed by atoms with E-state index < -0.39 is 0 Å². The molecule has 0 aliphatic carbocycles. The van der Waals surface area contributed by atoms with E-state index in [1.165, 1.54) is 6.33 Å². The van der Waals surface area contributed by atoms with E-state index in [2.05, 4.69) is 46.3 Å². The van der Waals surface area contributed by atoms with Crippen LogP contribution in [0.4, 0.5) is 0 Å². The van der Waals surface area contributed by atoms with Gasteiger partial charge in [-0.3, -0.25) is 0 Å². The van der Waals surface area contributed by atoms with Crippen LogP contribution in [-0.4, -0.2) is 35.0 Å². The summed E-state index contributed by atoms with van der Waals surface area (Å²) in [5.74, 6) is 0. The van der Waals surface area contributed by atoms with Gasteiger partial charge in [-0.1, -0.05) is 0 Å². The van der Waals surface area contributed by atoms with E-state index in [9.17, 15) is 0 Å². The number of hydrogen-bond donors (Lipinski definition) is 0. The van der Waals surface area contributed by atoms with Crippen molar-refractivity contribution in [1.29, 1.82) is 0 Å². The molecule has 0 N–H and O–H groups in total. The highest BCUT2D eigenvalue weighted by Crippen LogP contribution is 2.09. The van der Waals surface area contributed by atoms with Crippen LogP contribution in [0.5, 0.6) is 0 Å². The molecule has 0 amide bonds. The van der Waals surface area contributed by atoms with Gasteiger partial charge >= 0.3 is 0 Å². The summed E-state index contributed by atoms with van der Waals surface area (Å²) in [4.78, 5) is 5.42. The molecule has 0 aliphatic heterocycles. The predicted octanol–water partition coefficient (Wildman–Crippen LogP) is 1.46. The van der Waals surface area contributed by atoms with Gasteiger partial charge in [-0.15, -0.1) is 10.2 Å². The summed E-state index contributed by atoms with van der Waals surface area (Å²) in [7, 11) is 0. The molecule has 0 radical (unpaired) electrons. The van der Waals surface area contributed by atoms with E-state index in [0.29, 0.717) is 0 Å². The fourth-order valence-electron chi connectivity index (χ4n) is 1.03. The van der Waals surface area contributed by atoms with Crippen molar-refractivity contribution in [3.05, 3.63) is 19.0 Å². The van der Waals surface area contributed by atoms with Crippen LogP contribution in [0.15, 0.2) is 19.0 Å². The Morgan fingerprint density at radius 1 is 0.833 bits per heavy atom. The molecule has 0 saturated heterocycles. The molecule has 0 atom stereocenters. The lowest BCUT2D eigenvalue weighted by Crippen LogP contribution is -2.24. The van der Waals surface area contributed by atoms with Crippen LogP contribution in [0.25, 0.3) is 0 Å². The Balaban J connectivity index is 0.000000180. The molecule has 7 nitrogen and oxygen atoms in total. The van der Waals surface area contributed by atoms with E-state index in [-0.39, 0.29) is 11.1 Å². The van der Waals surface area contributed by atoms with Crippen LogP contribution < -0.4 is 0 Å². The van der Waals surface area contributed by atoms with Crippen LogP contribution in [0.1, 0.15) is 41.5 Å². The summed E-state index contributed by atoms with van der Waals surface area (Å²) < 4.78 is 1.83. The first-order valence-corrected chi connectivity index (χ1v) is 5.80. The Hall–Kier alpha value is -1.79. The topological polar surface area (TPSA) is 74.3 Å². The second-order valence-electron chi connectivity index (χ2n) is 5.91. The lowest BCUT2D eigenvalue weighted by molar-refractivity contribution is 0.306. The number of rotatable bonds is 0. The molecular weight excluding hydrogens is 230 g/mol. The van der Waals surface area contributed by atoms with Gasteiger partial charge in [0.2, 0.25) is 0 Å². The summed E-state index contributed by atoms with van der Waals surface area (Å²) >= 11 is 0. The molecule has 0 aromatic carbocycles. The van der Waals surface area contributed by atoms with Gasteiger partial charge in [0.1, 0.15) is 12.7 Å². The summed E-state index contributed by atoms with van der Waals surface area (Å²) in [6, 6.07) is 0. The number of aromatic nitrogens is 7. The first kappa shape index (κ1) is 14.3. The molecule has 7 heteroatoms. The summed E-state index contributed by atoms with van der Waals surface area (Å²) in [5, 5.41) is 15.2. The molecule has 2 heterocycles. The van der Waals surface area contributed by atoms with Crippen molar-refractivity contribution in [2.45, 2.75) is 52.6 Å². The Morgan fingerprint density at radius 2 is 1.50 bits per heavy atom. The van der Waals surface area contributed by atoms with Crippen molar-refractivity contribution >= 4 is 0 Å².